The topological polar surface area (TPSA) is 39.9 Å². The minimum absolute atomic E-state index is 0.220. The summed E-state index contributed by atoms with van der Waals surface area (Å²) in [7, 11) is 0. The Morgan fingerprint density at radius 3 is 2.31 bits per heavy atom. The molecule has 0 bridgehead atoms. The fourth-order valence-corrected chi connectivity index (χ4v) is 3.53. The molecule has 0 saturated heterocycles. The number of hydrogen-bond acceptors (Lipinski definition) is 4. The van der Waals surface area contributed by atoms with Crippen LogP contribution in [0.1, 0.15) is 30.8 Å². The third-order valence-electron chi connectivity index (χ3n) is 4.09. The molecule has 0 radical (unpaired) electrons. The van der Waals surface area contributed by atoms with Crippen LogP contribution in [0.2, 0.25) is 0 Å². The second-order valence-corrected chi connectivity index (χ2v) is 6.79. The van der Waals surface area contributed by atoms with E-state index in [0.717, 1.165) is 41.0 Å². The Hall–Kier alpha value is -2.34. The molecule has 0 unspecified atom stereocenters. The molecule has 3 rings (SSSR count). The van der Waals surface area contributed by atoms with Crippen molar-refractivity contribution in [1.29, 1.82) is 0 Å². The summed E-state index contributed by atoms with van der Waals surface area (Å²) >= 11 is 1.59. The summed E-state index contributed by atoms with van der Waals surface area (Å²) in [5, 5.41) is 9.39. The van der Waals surface area contributed by atoms with Crippen LogP contribution in [0.25, 0.3) is 0 Å². The molecule has 1 aromatic heterocycles. The van der Waals surface area contributed by atoms with Crippen LogP contribution < -0.4 is 4.74 Å². The van der Waals surface area contributed by atoms with Gasteiger partial charge in [-0.3, -0.25) is 0 Å². The van der Waals surface area contributed by atoms with Crippen LogP contribution >= 0.6 is 11.8 Å². The monoisotopic (exact) mass is 371 g/mol. The molecule has 0 aliphatic heterocycles. The fraction of sp³-hybridized carbons (Fsp3) is 0.300. The molecular formula is C20H22FN3OS. The van der Waals surface area contributed by atoms with Gasteiger partial charge >= 0.3 is 0 Å². The number of benzene rings is 2. The Labute approximate surface area is 157 Å². The van der Waals surface area contributed by atoms with Crippen LogP contribution in [0.3, 0.4) is 0 Å². The molecule has 136 valence electrons. The first-order valence-electron chi connectivity index (χ1n) is 8.70. The van der Waals surface area contributed by atoms with Crippen molar-refractivity contribution in [2.45, 2.75) is 44.3 Å². The smallest absolute Gasteiger partial charge is 0.191 e. The van der Waals surface area contributed by atoms with Crippen molar-refractivity contribution in [2.24, 2.45) is 0 Å². The first-order valence-corrected chi connectivity index (χ1v) is 9.69. The predicted octanol–water partition coefficient (Wildman–Crippen LogP) is 4.87. The average Bonchev–Trinajstić information content (AvgIpc) is 3.08. The van der Waals surface area contributed by atoms with Crippen molar-refractivity contribution in [3.05, 3.63) is 71.3 Å². The van der Waals surface area contributed by atoms with E-state index in [9.17, 15) is 4.39 Å². The summed E-state index contributed by atoms with van der Waals surface area (Å²) in [6.45, 7) is 5.34. The largest absolute Gasteiger partial charge is 0.486 e. The van der Waals surface area contributed by atoms with E-state index in [0.29, 0.717) is 6.61 Å². The molecule has 0 N–H and O–H groups in total. The molecule has 0 atom stereocenters. The second kappa shape index (κ2) is 8.85. The lowest BCUT2D eigenvalue weighted by Crippen LogP contribution is -2.07. The van der Waals surface area contributed by atoms with Crippen LogP contribution in [-0.2, 0) is 25.3 Å². The Morgan fingerprint density at radius 1 is 0.962 bits per heavy atom. The van der Waals surface area contributed by atoms with E-state index in [-0.39, 0.29) is 5.82 Å². The zero-order valence-electron chi connectivity index (χ0n) is 15.0. The Morgan fingerprint density at radius 2 is 1.65 bits per heavy atom. The molecule has 0 saturated carbocycles. The highest BCUT2D eigenvalue weighted by Gasteiger charge is 2.12. The van der Waals surface area contributed by atoms with Crippen molar-refractivity contribution in [1.82, 2.24) is 14.8 Å². The van der Waals surface area contributed by atoms with Crippen LogP contribution in [-0.4, -0.2) is 14.8 Å². The number of rotatable bonds is 8. The van der Waals surface area contributed by atoms with Crippen LogP contribution in [0.4, 0.5) is 4.39 Å². The van der Waals surface area contributed by atoms with E-state index in [1.54, 1.807) is 23.9 Å². The van der Waals surface area contributed by atoms with E-state index in [1.807, 2.05) is 12.1 Å². The third-order valence-corrected chi connectivity index (χ3v) is 5.13. The summed E-state index contributed by atoms with van der Waals surface area (Å²) in [6, 6.07) is 14.6. The van der Waals surface area contributed by atoms with Gasteiger partial charge in [0.1, 0.15) is 18.2 Å². The zero-order valence-corrected chi connectivity index (χ0v) is 15.8. The van der Waals surface area contributed by atoms with Gasteiger partial charge in [-0.2, -0.15) is 0 Å². The van der Waals surface area contributed by atoms with Crippen LogP contribution in [0.5, 0.6) is 5.75 Å². The first-order chi connectivity index (χ1) is 12.7. The van der Waals surface area contributed by atoms with Crippen molar-refractivity contribution in [3.8, 4) is 5.75 Å². The summed E-state index contributed by atoms with van der Waals surface area (Å²) < 4.78 is 20.9. The van der Waals surface area contributed by atoms with Gasteiger partial charge < -0.3 is 9.30 Å². The summed E-state index contributed by atoms with van der Waals surface area (Å²) in [5.41, 5.74) is 2.34. The molecule has 6 heteroatoms. The highest BCUT2D eigenvalue weighted by atomic mass is 32.2. The normalized spacial score (nSPS) is 10.9. The molecule has 4 nitrogen and oxygen atoms in total. The van der Waals surface area contributed by atoms with E-state index in [4.69, 9.17) is 4.74 Å². The van der Waals surface area contributed by atoms with Gasteiger partial charge in [0, 0.05) is 12.3 Å². The minimum atomic E-state index is -0.220. The Bertz CT molecular complexity index is 831. The number of aryl methyl sites for hydroxylation is 1. The van der Waals surface area contributed by atoms with Gasteiger partial charge in [0.15, 0.2) is 11.0 Å². The maximum atomic E-state index is 13.0. The lowest BCUT2D eigenvalue weighted by molar-refractivity contribution is 0.288. The minimum Gasteiger partial charge on any atom is -0.486 e. The number of ether oxygens (including phenoxy) is 1. The number of hydrogen-bond donors (Lipinski definition) is 0. The van der Waals surface area contributed by atoms with Gasteiger partial charge in [-0.1, -0.05) is 43.0 Å². The lowest BCUT2D eigenvalue weighted by Gasteiger charge is -2.09. The molecule has 0 amide bonds. The van der Waals surface area contributed by atoms with Crippen molar-refractivity contribution >= 4 is 11.8 Å². The molecule has 0 spiro atoms. The standard InChI is InChI=1S/C20H22FN3OS/c1-3-15-7-11-18(12-8-15)25-13-19-22-23-20(24(19)4-2)26-14-16-5-9-17(21)10-6-16/h5-12H,3-4,13-14H2,1-2H3. The van der Waals surface area contributed by atoms with E-state index in [2.05, 4.69) is 40.7 Å². The van der Waals surface area contributed by atoms with Gasteiger partial charge in [-0.15, -0.1) is 10.2 Å². The number of nitrogens with zero attached hydrogens (tertiary/aromatic N) is 3. The van der Waals surface area contributed by atoms with Crippen molar-refractivity contribution < 1.29 is 9.13 Å². The predicted molar refractivity (Wildman–Crippen MR) is 102 cm³/mol. The first kappa shape index (κ1) is 18.5. The summed E-state index contributed by atoms with van der Waals surface area (Å²) in [4.78, 5) is 0. The van der Waals surface area contributed by atoms with Gasteiger partial charge in [0.25, 0.3) is 0 Å². The van der Waals surface area contributed by atoms with E-state index in [1.165, 1.54) is 17.7 Å². The Balaban J connectivity index is 1.62. The third kappa shape index (κ3) is 4.64. The quantitative estimate of drug-likeness (QED) is 0.530. The SMILES string of the molecule is CCc1ccc(OCc2nnc(SCc3ccc(F)cc3)n2CC)cc1. The Kier molecular flexibility index (Phi) is 6.28. The number of thioether (sulfide) groups is 1. The van der Waals surface area contributed by atoms with Gasteiger partial charge in [0.05, 0.1) is 0 Å². The highest BCUT2D eigenvalue weighted by Crippen LogP contribution is 2.23. The average molecular weight is 371 g/mol. The molecule has 0 aliphatic rings. The number of aromatic nitrogens is 3. The molecule has 2 aromatic carbocycles. The van der Waals surface area contributed by atoms with Crippen molar-refractivity contribution in [3.63, 3.8) is 0 Å². The van der Waals surface area contributed by atoms with E-state index >= 15 is 0 Å². The van der Waals surface area contributed by atoms with Gasteiger partial charge in [0.2, 0.25) is 0 Å². The van der Waals surface area contributed by atoms with E-state index < -0.39 is 0 Å². The zero-order chi connectivity index (χ0) is 18.4. The summed E-state index contributed by atoms with van der Waals surface area (Å²) in [5.74, 6) is 2.13. The maximum Gasteiger partial charge on any atom is 0.191 e. The lowest BCUT2D eigenvalue weighted by atomic mass is 10.2. The number of halogens is 1. The molecule has 0 fully saturated rings. The van der Waals surface area contributed by atoms with Crippen molar-refractivity contribution in [2.75, 3.05) is 0 Å². The van der Waals surface area contributed by atoms with Gasteiger partial charge in [-0.25, -0.2) is 4.39 Å². The second-order valence-electron chi connectivity index (χ2n) is 5.84. The molecule has 0 aliphatic carbocycles. The molecule has 1 heterocycles. The van der Waals surface area contributed by atoms with Gasteiger partial charge in [-0.05, 0) is 48.7 Å². The summed E-state index contributed by atoms with van der Waals surface area (Å²) in [6.07, 6.45) is 1.01. The fourth-order valence-electron chi connectivity index (χ4n) is 2.55. The maximum absolute atomic E-state index is 13.0. The van der Waals surface area contributed by atoms with Crippen LogP contribution in [0.15, 0.2) is 53.7 Å². The van der Waals surface area contributed by atoms with Crippen LogP contribution in [0, 0.1) is 5.82 Å². The highest BCUT2D eigenvalue weighted by molar-refractivity contribution is 7.98. The molecule has 26 heavy (non-hydrogen) atoms. The molecule has 3 aromatic rings. The molecular weight excluding hydrogens is 349 g/mol.